The number of pyridine rings is 1. The molecule has 0 aliphatic heterocycles. The summed E-state index contributed by atoms with van der Waals surface area (Å²) >= 11 is 0. The van der Waals surface area contributed by atoms with E-state index in [1.165, 1.54) is 0 Å². The highest BCUT2D eigenvalue weighted by Gasteiger charge is 1.95. The second-order valence-electron chi connectivity index (χ2n) is 2.44. The maximum absolute atomic E-state index is 8.67. The van der Waals surface area contributed by atoms with Crippen molar-refractivity contribution in [2.75, 3.05) is 13.2 Å². The van der Waals surface area contributed by atoms with Crippen LogP contribution in [0.2, 0.25) is 0 Å². The molecule has 0 saturated carbocycles. The summed E-state index contributed by atoms with van der Waals surface area (Å²) in [5, 5.41) is 8.67. The summed E-state index contributed by atoms with van der Waals surface area (Å²) in [6.45, 7) is 2.72. The van der Waals surface area contributed by atoms with Gasteiger partial charge in [0.15, 0.2) is 0 Å². The van der Waals surface area contributed by atoms with Crippen LogP contribution in [-0.4, -0.2) is 23.3 Å². The fourth-order valence-corrected chi connectivity index (χ4v) is 0.975. The van der Waals surface area contributed by atoms with Crippen molar-refractivity contribution in [3.05, 3.63) is 24.0 Å². The van der Waals surface area contributed by atoms with Crippen molar-refractivity contribution in [2.24, 2.45) is 0 Å². The molecule has 0 unspecified atom stereocenters. The summed E-state index contributed by atoms with van der Waals surface area (Å²) in [6.07, 6.45) is 4.04. The quantitative estimate of drug-likeness (QED) is 0.727. The summed E-state index contributed by atoms with van der Waals surface area (Å²) < 4.78 is 5.25. The van der Waals surface area contributed by atoms with Crippen LogP contribution in [0.15, 0.2) is 18.5 Å². The third kappa shape index (κ3) is 2.51. The van der Waals surface area contributed by atoms with E-state index in [9.17, 15) is 0 Å². The van der Waals surface area contributed by atoms with Gasteiger partial charge in [0.05, 0.1) is 12.8 Å². The molecule has 1 heterocycles. The summed E-state index contributed by atoms with van der Waals surface area (Å²) in [7, 11) is 0. The van der Waals surface area contributed by atoms with Gasteiger partial charge in [-0.05, 0) is 25.0 Å². The summed E-state index contributed by atoms with van der Waals surface area (Å²) in [5.41, 5.74) is 1.00. The first-order valence-corrected chi connectivity index (χ1v) is 4.04. The van der Waals surface area contributed by atoms with E-state index in [0.29, 0.717) is 13.0 Å². The van der Waals surface area contributed by atoms with Crippen LogP contribution in [0.5, 0.6) is 5.75 Å². The van der Waals surface area contributed by atoms with Gasteiger partial charge in [0.2, 0.25) is 0 Å². The Bertz CT molecular complexity index is 216. The normalized spacial score (nSPS) is 9.83. The van der Waals surface area contributed by atoms with Gasteiger partial charge < -0.3 is 9.84 Å². The van der Waals surface area contributed by atoms with Crippen LogP contribution in [0.25, 0.3) is 0 Å². The average molecular weight is 167 g/mol. The minimum absolute atomic E-state index is 0.150. The van der Waals surface area contributed by atoms with Gasteiger partial charge in [0, 0.05) is 12.8 Å². The van der Waals surface area contributed by atoms with Gasteiger partial charge >= 0.3 is 0 Å². The Morgan fingerprint density at radius 2 is 2.33 bits per heavy atom. The van der Waals surface area contributed by atoms with Crippen LogP contribution >= 0.6 is 0 Å². The number of aromatic nitrogens is 1. The Hall–Kier alpha value is -1.09. The first-order chi connectivity index (χ1) is 5.86. The molecular formula is C9H13NO2. The van der Waals surface area contributed by atoms with Crippen molar-refractivity contribution in [1.82, 2.24) is 4.98 Å². The predicted molar refractivity (Wildman–Crippen MR) is 46.2 cm³/mol. The van der Waals surface area contributed by atoms with E-state index in [1.54, 1.807) is 12.4 Å². The molecule has 0 saturated heterocycles. The highest BCUT2D eigenvalue weighted by Crippen LogP contribution is 2.10. The number of rotatable bonds is 4. The lowest BCUT2D eigenvalue weighted by Gasteiger charge is -2.03. The molecule has 0 spiro atoms. The van der Waals surface area contributed by atoms with E-state index in [0.717, 1.165) is 11.3 Å². The van der Waals surface area contributed by atoms with Crippen LogP contribution < -0.4 is 4.74 Å². The first-order valence-electron chi connectivity index (χ1n) is 4.04. The lowest BCUT2D eigenvalue weighted by Crippen LogP contribution is -1.95. The van der Waals surface area contributed by atoms with Crippen molar-refractivity contribution >= 4 is 0 Å². The van der Waals surface area contributed by atoms with Crippen LogP contribution in [0, 0.1) is 0 Å². The van der Waals surface area contributed by atoms with E-state index in [4.69, 9.17) is 9.84 Å². The van der Waals surface area contributed by atoms with Crippen molar-refractivity contribution in [1.29, 1.82) is 0 Å². The minimum atomic E-state index is 0.150. The lowest BCUT2D eigenvalue weighted by molar-refractivity contribution is 0.298. The zero-order valence-corrected chi connectivity index (χ0v) is 7.16. The minimum Gasteiger partial charge on any atom is -0.492 e. The number of hydrogen-bond donors (Lipinski definition) is 1. The molecule has 12 heavy (non-hydrogen) atoms. The molecule has 0 atom stereocenters. The van der Waals surface area contributed by atoms with Gasteiger partial charge in [-0.25, -0.2) is 0 Å². The average Bonchev–Trinajstić information content (AvgIpc) is 2.06. The predicted octanol–water partition coefficient (Wildman–Crippen LogP) is 1.02. The molecule has 0 radical (unpaired) electrons. The molecule has 1 N–H and O–H groups in total. The summed E-state index contributed by atoms with van der Waals surface area (Å²) in [4.78, 5) is 3.99. The SMILES string of the molecule is CCOc1cncc(CCO)c1. The zero-order valence-electron chi connectivity index (χ0n) is 7.16. The van der Waals surface area contributed by atoms with Crippen molar-refractivity contribution < 1.29 is 9.84 Å². The van der Waals surface area contributed by atoms with Crippen molar-refractivity contribution in [3.8, 4) is 5.75 Å². The van der Waals surface area contributed by atoms with Crippen molar-refractivity contribution in [2.45, 2.75) is 13.3 Å². The number of hydrogen-bond acceptors (Lipinski definition) is 3. The molecule has 1 aromatic rings. The maximum Gasteiger partial charge on any atom is 0.137 e. The van der Waals surface area contributed by atoms with Gasteiger partial charge in [0.1, 0.15) is 5.75 Å². The van der Waals surface area contributed by atoms with Gasteiger partial charge in [-0.15, -0.1) is 0 Å². The second-order valence-corrected chi connectivity index (χ2v) is 2.44. The Balaban J connectivity index is 2.67. The highest BCUT2D eigenvalue weighted by molar-refractivity contribution is 5.23. The molecule has 3 heteroatoms. The molecule has 66 valence electrons. The van der Waals surface area contributed by atoms with Crippen LogP contribution in [0.4, 0.5) is 0 Å². The molecule has 0 bridgehead atoms. The molecular weight excluding hydrogens is 154 g/mol. The fourth-order valence-electron chi connectivity index (χ4n) is 0.975. The molecule has 0 amide bonds. The molecule has 1 aromatic heterocycles. The van der Waals surface area contributed by atoms with E-state index < -0.39 is 0 Å². The van der Waals surface area contributed by atoms with E-state index in [2.05, 4.69) is 4.98 Å². The second kappa shape index (κ2) is 4.72. The van der Waals surface area contributed by atoms with Crippen LogP contribution in [-0.2, 0) is 6.42 Å². The molecule has 0 aliphatic rings. The Morgan fingerprint density at radius 3 is 3.00 bits per heavy atom. The fraction of sp³-hybridized carbons (Fsp3) is 0.444. The van der Waals surface area contributed by atoms with Gasteiger partial charge in [-0.1, -0.05) is 0 Å². The van der Waals surface area contributed by atoms with Crippen LogP contribution in [0.1, 0.15) is 12.5 Å². The van der Waals surface area contributed by atoms with Crippen LogP contribution in [0.3, 0.4) is 0 Å². The molecule has 3 nitrogen and oxygen atoms in total. The summed E-state index contributed by atoms with van der Waals surface area (Å²) in [6, 6.07) is 1.90. The van der Waals surface area contributed by atoms with Gasteiger partial charge in [-0.3, -0.25) is 4.98 Å². The Morgan fingerprint density at radius 1 is 1.50 bits per heavy atom. The van der Waals surface area contributed by atoms with E-state index in [1.807, 2.05) is 13.0 Å². The first kappa shape index (κ1) is 9.00. The monoisotopic (exact) mass is 167 g/mol. The number of aliphatic hydroxyl groups excluding tert-OH is 1. The standard InChI is InChI=1S/C9H13NO2/c1-2-12-9-5-8(3-4-11)6-10-7-9/h5-7,11H,2-4H2,1H3. The van der Waals surface area contributed by atoms with E-state index >= 15 is 0 Å². The van der Waals surface area contributed by atoms with Gasteiger partial charge in [-0.2, -0.15) is 0 Å². The van der Waals surface area contributed by atoms with Gasteiger partial charge in [0.25, 0.3) is 0 Å². The summed E-state index contributed by atoms with van der Waals surface area (Å²) in [5.74, 6) is 0.767. The Kier molecular flexibility index (Phi) is 3.54. The Labute approximate surface area is 72.0 Å². The number of nitrogens with zero attached hydrogens (tertiary/aromatic N) is 1. The topological polar surface area (TPSA) is 42.4 Å². The number of ether oxygens (including phenoxy) is 1. The third-order valence-corrected chi connectivity index (χ3v) is 1.48. The number of aliphatic hydroxyl groups is 1. The molecule has 0 aromatic carbocycles. The largest absolute Gasteiger partial charge is 0.492 e. The third-order valence-electron chi connectivity index (χ3n) is 1.48. The lowest BCUT2D eigenvalue weighted by atomic mass is 10.2. The zero-order chi connectivity index (χ0) is 8.81. The van der Waals surface area contributed by atoms with Crippen molar-refractivity contribution in [3.63, 3.8) is 0 Å². The molecule has 0 fully saturated rings. The maximum atomic E-state index is 8.67. The highest BCUT2D eigenvalue weighted by atomic mass is 16.5. The van der Waals surface area contributed by atoms with E-state index in [-0.39, 0.29) is 6.61 Å². The smallest absolute Gasteiger partial charge is 0.137 e. The molecule has 1 rings (SSSR count). The molecule has 0 aliphatic carbocycles.